The maximum Gasteiger partial charge on any atom is 0.142 e. The zero-order chi connectivity index (χ0) is 11.0. The Morgan fingerprint density at radius 2 is 1.80 bits per heavy atom. The minimum atomic E-state index is -0.259. The molecule has 0 bridgehead atoms. The Morgan fingerprint density at radius 3 is 2.27 bits per heavy atom. The molecule has 15 heavy (non-hydrogen) atoms. The van der Waals surface area contributed by atoms with E-state index in [2.05, 4.69) is 4.98 Å². The molecule has 1 heterocycles. The van der Waals surface area contributed by atoms with Crippen molar-refractivity contribution >= 4 is 0 Å². The van der Waals surface area contributed by atoms with Crippen LogP contribution in [-0.2, 0) is 13.2 Å². The molecule has 1 saturated carbocycles. The van der Waals surface area contributed by atoms with Crippen LogP contribution >= 0.6 is 0 Å². The molecule has 1 aromatic rings. The van der Waals surface area contributed by atoms with Gasteiger partial charge in [0.25, 0.3) is 0 Å². The minimum Gasteiger partial charge on any atom is -0.506 e. The number of aryl methyl sites for hydroxylation is 1. The zero-order valence-corrected chi connectivity index (χ0v) is 8.69. The van der Waals surface area contributed by atoms with Gasteiger partial charge in [-0.1, -0.05) is 0 Å². The summed E-state index contributed by atoms with van der Waals surface area (Å²) in [5.41, 5.74) is 2.39. The molecule has 0 aliphatic heterocycles. The van der Waals surface area contributed by atoms with Crippen LogP contribution in [0.3, 0.4) is 0 Å². The van der Waals surface area contributed by atoms with E-state index in [-0.39, 0.29) is 19.0 Å². The second kappa shape index (κ2) is 3.79. The number of rotatable bonds is 3. The Kier molecular flexibility index (Phi) is 2.63. The summed E-state index contributed by atoms with van der Waals surface area (Å²) in [5, 5.41) is 28.1. The van der Waals surface area contributed by atoms with Crippen LogP contribution in [0.25, 0.3) is 0 Å². The fraction of sp³-hybridized carbons (Fsp3) is 0.545. The van der Waals surface area contributed by atoms with Crippen molar-refractivity contribution < 1.29 is 15.3 Å². The van der Waals surface area contributed by atoms with Crippen LogP contribution in [0.1, 0.15) is 41.3 Å². The maximum absolute atomic E-state index is 9.70. The van der Waals surface area contributed by atoms with Gasteiger partial charge in [0.05, 0.1) is 18.9 Å². The van der Waals surface area contributed by atoms with Crippen molar-refractivity contribution in [3.8, 4) is 5.75 Å². The second-order valence-corrected chi connectivity index (χ2v) is 3.98. The molecule has 0 amide bonds. The third-order valence-corrected chi connectivity index (χ3v) is 2.87. The zero-order valence-electron chi connectivity index (χ0n) is 8.69. The highest BCUT2D eigenvalue weighted by atomic mass is 16.3. The fourth-order valence-corrected chi connectivity index (χ4v) is 1.86. The summed E-state index contributed by atoms with van der Waals surface area (Å²) in [6.07, 6.45) is 2.16. The minimum absolute atomic E-state index is 0.00551. The van der Waals surface area contributed by atoms with Crippen molar-refractivity contribution in [2.75, 3.05) is 0 Å². The summed E-state index contributed by atoms with van der Waals surface area (Å²) in [7, 11) is 0. The third-order valence-electron chi connectivity index (χ3n) is 2.87. The van der Waals surface area contributed by atoms with E-state index < -0.39 is 0 Å². The normalized spacial score (nSPS) is 15.7. The predicted octanol–water partition coefficient (Wildman–Crippen LogP) is 0.958. The van der Waals surface area contributed by atoms with E-state index in [4.69, 9.17) is 0 Å². The lowest BCUT2D eigenvalue weighted by atomic mass is 10.0. The monoisotopic (exact) mass is 209 g/mol. The number of aromatic nitrogens is 1. The predicted molar refractivity (Wildman–Crippen MR) is 54.5 cm³/mol. The molecule has 3 N–H and O–H groups in total. The molecule has 4 nitrogen and oxygen atoms in total. The van der Waals surface area contributed by atoms with Gasteiger partial charge in [0.1, 0.15) is 5.75 Å². The topological polar surface area (TPSA) is 73.6 Å². The van der Waals surface area contributed by atoms with Crippen LogP contribution in [0, 0.1) is 6.92 Å². The van der Waals surface area contributed by atoms with Gasteiger partial charge in [-0.2, -0.15) is 0 Å². The van der Waals surface area contributed by atoms with Crippen molar-refractivity contribution in [3.05, 3.63) is 22.5 Å². The van der Waals surface area contributed by atoms with Crippen molar-refractivity contribution in [3.63, 3.8) is 0 Å². The Hall–Kier alpha value is -1.13. The lowest BCUT2D eigenvalue weighted by Gasteiger charge is -2.14. The average Bonchev–Trinajstić information content (AvgIpc) is 3.04. The van der Waals surface area contributed by atoms with E-state index in [1.165, 1.54) is 0 Å². The number of hydrogen-bond acceptors (Lipinski definition) is 4. The maximum atomic E-state index is 9.70. The Labute approximate surface area is 88.2 Å². The molecule has 1 aromatic heterocycles. The quantitative estimate of drug-likeness (QED) is 0.693. The molecule has 0 radical (unpaired) electrons. The van der Waals surface area contributed by atoms with Crippen molar-refractivity contribution in [2.24, 2.45) is 0 Å². The van der Waals surface area contributed by atoms with E-state index in [1.807, 2.05) is 0 Å². The van der Waals surface area contributed by atoms with Crippen LogP contribution in [0.4, 0.5) is 0 Å². The van der Waals surface area contributed by atoms with Gasteiger partial charge in [-0.3, -0.25) is 4.98 Å². The first-order chi connectivity index (χ1) is 7.19. The lowest BCUT2D eigenvalue weighted by Crippen LogP contribution is -2.05. The Morgan fingerprint density at radius 1 is 1.20 bits per heavy atom. The largest absolute Gasteiger partial charge is 0.506 e. The first kappa shape index (κ1) is 10.4. The third kappa shape index (κ3) is 1.70. The number of aromatic hydroxyl groups is 1. The first-order valence-corrected chi connectivity index (χ1v) is 5.12. The molecule has 0 atom stereocenters. The summed E-state index contributed by atoms with van der Waals surface area (Å²) >= 11 is 0. The van der Waals surface area contributed by atoms with Gasteiger partial charge in [-0.25, -0.2) is 0 Å². The van der Waals surface area contributed by atoms with E-state index >= 15 is 0 Å². The molecular weight excluding hydrogens is 194 g/mol. The summed E-state index contributed by atoms with van der Waals surface area (Å²) in [6.45, 7) is 1.27. The van der Waals surface area contributed by atoms with Crippen LogP contribution in [0.5, 0.6) is 5.75 Å². The second-order valence-electron chi connectivity index (χ2n) is 3.98. The molecule has 0 unspecified atom stereocenters. The average molecular weight is 209 g/mol. The summed E-state index contributed by atoms with van der Waals surface area (Å²) in [4.78, 5) is 4.29. The van der Waals surface area contributed by atoms with E-state index in [9.17, 15) is 15.3 Å². The van der Waals surface area contributed by atoms with E-state index in [1.54, 1.807) is 6.92 Å². The number of pyridine rings is 1. The Bertz CT molecular complexity index is 386. The van der Waals surface area contributed by atoms with Crippen LogP contribution in [0.15, 0.2) is 0 Å². The highest BCUT2D eigenvalue weighted by molar-refractivity contribution is 5.45. The number of aliphatic hydroxyl groups excluding tert-OH is 2. The molecule has 1 aliphatic carbocycles. The Balaban J connectivity index is 2.58. The highest BCUT2D eigenvalue weighted by Crippen LogP contribution is 2.43. The molecular formula is C11H15NO3. The standard InChI is InChI=1S/C11H15NO3/c1-6-11(15)9(5-14)8(4-13)10(12-6)7-2-3-7/h7,13-15H,2-5H2,1H3. The molecule has 4 heteroatoms. The van der Waals surface area contributed by atoms with Crippen molar-refractivity contribution in [1.82, 2.24) is 4.98 Å². The molecule has 2 rings (SSSR count). The molecule has 1 aliphatic rings. The fourth-order valence-electron chi connectivity index (χ4n) is 1.86. The molecule has 0 saturated heterocycles. The van der Waals surface area contributed by atoms with Gasteiger partial charge in [0, 0.05) is 22.7 Å². The first-order valence-electron chi connectivity index (χ1n) is 5.12. The highest BCUT2D eigenvalue weighted by Gasteiger charge is 2.30. The smallest absolute Gasteiger partial charge is 0.142 e. The molecule has 0 spiro atoms. The number of aliphatic hydroxyl groups is 2. The molecule has 1 fully saturated rings. The van der Waals surface area contributed by atoms with Crippen LogP contribution in [-0.4, -0.2) is 20.3 Å². The van der Waals surface area contributed by atoms with E-state index in [0.29, 0.717) is 22.7 Å². The number of nitrogens with zero attached hydrogens (tertiary/aromatic N) is 1. The molecule has 0 aromatic carbocycles. The van der Waals surface area contributed by atoms with Gasteiger partial charge in [-0.05, 0) is 19.8 Å². The van der Waals surface area contributed by atoms with Gasteiger partial charge in [0.2, 0.25) is 0 Å². The molecule has 82 valence electrons. The number of hydrogen-bond donors (Lipinski definition) is 3. The lowest BCUT2D eigenvalue weighted by molar-refractivity contribution is 0.252. The van der Waals surface area contributed by atoms with Crippen molar-refractivity contribution in [1.29, 1.82) is 0 Å². The SMILES string of the molecule is Cc1nc(C2CC2)c(CO)c(CO)c1O. The van der Waals surface area contributed by atoms with Gasteiger partial charge >= 0.3 is 0 Å². The summed E-state index contributed by atoms with van der Waals surface area (Å²) in [5.74, 6) is 0.405. The van der Waals surface area contributed by atoms with Gasteiger partial charge < -0.3 is 15.3 Å². The van der Waals surface area contributed by atoms with Crippen LogP contribution < -0.4 is 0 Å². The summed E-state index contributed by atoms with van der Waals surface area (Å²) in [6, 6.07) is 0. The van der Waals surface area contributed by atoms with Crippen molar-refractivity contribution in [2.45, 2.75) is 38.9 Å². The van der Waals surface area contributed by atoms with Crippen LogP contribution in [0.2, 0.25) is 0 Å². The summed E-state index contributed by atoms with van der Waals surface area (Å²) < 4.78 is 0. The van der Waals surface area contributed by atoms with Gasteiger partial charge in [-0.15, -0.1) is 0 Å². The van der Waals surface area contributed by atoms with Gasteiger partial charge in [0.15, 0.2) is 0 Å². The van der Waals surface area contributed by atoms with E-state index in [0.717, 1.165) is 18.5 Å².